The number of rotatable bonds is 1. The summed E-state index contributed by atoms with van der Waals surface area (Å²) >= 11 is 0. The van der Waals surface area contributed by atoms with Crippen molar-refractivity contribution in [1.82, 2.24) is 14.8 Å². The van der Waals surface area contributed by atoms with Crippen molar-refractivity contribution in [3.63, 3.8) is 0 Å². The third-order valence-corrected chi connectivity index (χ3v) is 4.78. The molecule has 1 spiro atoms. The molecule has 1 aromatic rings. The SMILES string of the molecule is O=C(c1cccnc1)N1CC[C@@]23OCCCN2C(=O)C[C@@H]13. The van der Waals surface area contributed by atoms with Crippen LogP contribution in [0.3, 0.4) is 0 Å². The van der Waals surface area contributed by atoms with Gasteiger partial charge in [0.05, 0.1) is 24.6 Å². The van der Waals surface area contributed by atoms with Crippen molar-refractivity contribution >= 4 is 11.8 Å². The Morgan fingerprint density at radius 2 is 2.33 bits per heavy atom. The van der Waals surface area contributed by atoms with Crippen LogP contribution in [0.1, 0.15) is 29.6 Å². The molecule has 4 heterocycles. The molecule has 21 heavy (non-hydrogen) atoms. The minimum absolute atomic E-state index is 0.0613. The van der Waals surface area contributed by atoms with Gasteiger partial charge in [0, 0.05) is 31.9 Å². The fraction of sp³-hybridized carbons (Fsp3) is 0.533. The minimum atomic E-state index is -0.576. The topological polar surface area (TPSA) is 62.7 Å². The second kappa shape index (κ2) is 4.53. The van der Waals surface area contributed by atoms with Crippen molar-refractivity contribution in [1.29, 1.82) is 0 Å². The number of amides is 2. The van der Waals surface area contributed by atoms with Gasteiger partial charge in [-0.15, -0.1) is 0 Å². The van der Waals surface area contributed by atoms with Crippen molar-refractivity contribution in [2.45, 2.75) is 31.0 Å². The van der Waals surface area contributed by atoms with E-state index < -0.39 is 5.72 Å². The average molecular weight is 287 g/mol. The van der Waals surface area contributed by atoms with Crippen LogP contribution >= 0.6 is 0 Å². The van der Waals surface area contributed by atoms with E-state index in [2.05, 4.69) is 4.98 Å². The van der Waals surface area contributed by atoms with Crippen LogP contribution in [0.2, 0.25) is 0 Å². The lowest BCUT2D eigenvalue weighted by atomic mass is 10.0. The van der Waals surface area contributed by atoms with Crippen LogP contribution in [0, 0.1) is 0 Å². The maximum absolute atomic E-state index is 12.7. The summed E-state index contributed by atoms with van der Waals surface area (Å²) in [7, 11) is 0. The van der Waals surface area contributed by atoms with Gasteiger partial charge in [-0.25, -0.2) is 0 Å². The molecule has 3 aliphatic heterocycles. The van der Waals surface area contributed by atoms with Crippen LogP contribution in [0.25, 0.3) is 0 Å². The normalized spacial score (nSPS) is 31.2. The molecule has 0 saturated carbocycles. The number of ether oxygens (including phenoxy) is 1. The quantitative estimate of drug-likeness (QED) is 0.760. The number of nitrogens with zero attached hydrogens (tertiary/aromatic N) is 3. The molecule has 2 atom stereocenters. The molecular formula is C15H17N3O3. The molecule has 3 saturated heterocycles. The summed E-state index contributed by atoms with van der Waals surface area (Å²) in [5.74, 6) is 0.0391. The van der Waals surface area contributed by atoms with Crippen molar-refractivity contribution in [2.24, 2.45) is 0 Å². The van der Waals surface area contributed by atoms with Gasteiger partial charge < -0.3 is 14.5 Å². The van der Waals surface area contributed by atoms with Gasteiger partial charge in [0.15, 0.2) is 5.72 Å². The van der Waals surface area contributed by atoms with Crippen molar-refractivity contribution < 1.29 is 14.3 Å². The number of likely N-dealkylation sites (tertiary alicyclic amines) is 1. The summed E-state index contributed by atoms with van der Waals surface area (Å²) in [6.07, 6.45) is 5.16. The Kier molecular flexibility index (Phi) is 2.75. The highest BCUT2D eigenvalue weighted by atomic mass is 16.5. The fourth-order valence-electron chi connectivity index (χ4n) is 3.85. The van der Waals surface area contributed by atoms with E-state index in [-0.39, 0.29) is 17.9 Å². The molecule has 1 aromatic heterocycles. The monoisotopic (exact) mass is 287 g/mol. The van der Waals surface area contributed by atoms with E-state index in [1.165, 1.54) is 0 Å². The molecule has 3 fully saturated rings. The van der Waals surface area contributed by atoms with Gasteiger partial charge >= 0.3 is 0 Å². The zero-order valence-corrected chi connectivity index (χ0v) is 11.7. The smallest absolute Gasteiger partial charge is 0.255 e. The van der Waals surface area contributed by atoms with Gasteiger partial charge in [0.2, 0.25) is 5.91 Å². The van der Waals surface area contributed by atoms with Crippen molar-refractivity contribution in [3.8, 4) is 0 Å². The maximum Gasteiger partial charge on any atom is 0.255 e. The predicted molar refractivity (Wildman–Crippen MR) is 73.3 cm³/mol. The lowest BCUT2D eigenvalue weighted by molar-refractivity contribution is -0.179. The highest BCUT2D eigenvalue weighted by molar-refractivity contribution is 5.95. The molecule has 0 aliphatic carbocycles. The highest BCUT2D eigenvalue weighted by Gasteiger charge is 2.61. The second-order valence-electron chi connectivity index (χ2n) is 5.80. The first-order chi connectivity index (χ1) is 10.2. The van der Waals surface area contributed by atoms with Gasteiger partial charge in [-0.05, 0) is 18.6 Å². The van der Waals surface area contributed by atoms with Gasteiger partial charge in [-0.1, -0.05) is 0 Å². The Morgan fingerprint density at radius 1 is 1.43 bits per heavy atom. The lowest BCUT2D eigenvalue weighted by Gasteiger charge is -2.42. The van der Waals surface area contributed by atoms with Gasteiger partial charge in [-0.3, -0.25) is 14.6 Å². The molecule has 6 nitrogen and oxygen atoms in total. The number of carbonyl (C=O) groups excluding carboxylic acids is 2. The molecule has 3 aliphatic rings. The Hall–Kier alpha value is -1.95. The number of pyridine rings is 1. The largest absolute Gasteiger partial charge is 0.353 e. The summed E-state index contributed by atoms with van der Waals surface area (Å²) in [6, 6.07) is 3.34. The summed E-state index contributed by atoms with van der Waals surface area (Å²) in [4.78, 5) is 32.5. The van der Waals surface area contributed by atoms with E-state index in [1.807, 2.05) is 4.90 Å². The fourth-order valence-corrected chi connectivity index (χ4v) is 3.85. The van der Waals surface area contributed by atoms with Crippen LogP contribution in [0.15, 0.2) is 24.5 Å². The summed E-state index contributed by atoms with van der Waals surface area (Å²) in [5.41, 5.74) is -0.0102. The third-order valence-electron chi connectivity index (χ3n) is 4.78. The number of hydrogen-bond acceptors (Lipinski definition) is 4. The average Bonchev–Trinajstić information content (AvgIpc) is 3.00. The van der Waals surface area contributed by atoms with E-state index in [0.717, 1.165) is 13.0 Å². The number of aromatic nitrogens is 1. The Morgan fingerprint density at radius 3 is 3.14 bits per heavy atom. The van der Waals surface area contributed by atoms with Crippen LogP contribution in [-0.4, -0.2) is 58.1 Å². The van der Waals surface area contributed by atoms with Crippen LogP contribution < -0.4 is 0 Å². The molecule has 110 valence electrons. The number of carbonyl (C=O) groups is 2. The second-order valence-corrected chi connectivity index (χ2v) is 5.80. The first-order valence-corrected chi connectivity index (χ1v) is 7.38. The Bertz CT molecular complexity index is 591. The standard InChI is InChI=1S/C15H17N3O3/c19-13-9-12-15(18(13)6-2-8-21-15)4-7-17(12)14(20)11-3-1-5-16-10-11/h1,3,5,10,12H,2,4,6-9H2/t12-,15+/m1/s1. The molecule has 0 aromatic carbocycles. The molecule has 0 unspecified atom stereocenters. The van der Waals surface area contributed by atoms with E-state index >= 15 is 0 Å². The predicted octanol–water partition coefficient (Wildman–Crippen LogP) is 0.645. The molecule has 4 rings (SSSR count). The van der Waals surface area contributed by atoms with E-state index in [4.69, 9.17) is 4.74 Å². The van der Waals surface area contributed by atoms with Gasteiger partial charge in [0.1, 0.15) is 0 Å². The first kappa shape index (κ1) is 12.8. The zero-order valence-electron chi connectivity index (χ0n) is 11.7. The summed E-state index contributed by atoms with van der Waals surface area (Å²) < 4.78 is 6.00. The van der Waals surface area contributed by atoms with Crippen LogP contribution in [0.4, 0.5) is 0 Å². The lowest BCUT2D eigenvalue weighted by Crippen LogP contribution is -2.56. The Labute approximate surface area is 122 Å². The third kappa shape index (κ3) is 1.72. The van der Waals surface area contributed by atoms with Gasteiger partial charge in [0.25, 0.3) is 5.91 Å². The molecule has 2 amide bonds. The number of hydrogen-bond donors (Lipinski definition) is 0. The Balaban J connectivity index is 1.65. The minimum Gasteiger partial charge on any atom is -0.353 e. The molecule has 6 heteroatoms. The van der Waals surface area contributed by atoms with Crippen molar-refractivity contribution in [3.05, 3.63) is 30.1 Å². The zero-order chi connectivity index (χ0) is 14.4. The van der Waals surface area contributed by atoms with Crippen LogP contribution in [0.5, 0.6) is 0 Å². The van der Waals surface area contributed by atoms with E-state index in [9.17, 15) is 9.59 Å². The highest BCUT2D eigenvalue weighted by Crippen LogP contribution is 2.45. The summed E-state index contributed by atoms with van der Waals surface area (Å²) in [6.45, 7) is 2.03. The molecular weight excluding hydrogens is 270 g/mol. The molecule has 0 radical (unpaired) electrons. The van der Waals surface area contributed by atoms with Gasteiger partial charge in [-0.2, -0.15) is 0 Å². The summed E-state index contributed by atoms with van der Waals surface area (Å²) in [5, 5.41) is 0. The van der Waals surface area contributed by atoms with Crippen molar-refractivity contribution in [2.75, 3.05) is 19.7 Å². The molecule has 0 N–H and O–H groups in total. The molecule has 0 bridgehead atoms. The van der Waals surface area contributed by atoms with Crippen LogP contribution in [-0.2, 0) is 9.53 Å². The first-order valence-electron chi connectivity index (χ1n) is 7.38. The maximum atomic E-state index is 12.7. The van der Waals surface area contributed by atoms with E-state index in [1.54, 1.807) is 29.4 Å². The van der Waals surface area contributed by atoms with E-state index in [0.29, 0.717) is 31.6 Å².